The highest BCUT2D eigenvalue weighted by Crippen LogP contribution is 2.24. The van der Waals surface area contributed by atoms with Gasteiger partial charge in [0.1, 0.15) is 6.20 Å². The van der Waals surface area contributed by atoms with Gasteiger partial charge in [-0.15, -0.1) is 16.4 Å². The van der Waals surface area contributed by atoms with E-state index in [0.29, 0.717) is 5.13 Å². The fourth-order valence-electron chi connectivity index (χ4n) is 1.70. The van der Waals surface area contributed by atoms with E-state index >= 15 is 0 Å². The van der Waals surface area contributed by atoms with Crippen LogP contribution in [0.4, 0.5) is 10.8 Å². The third-order valence-corrected chi connectivity index (χ3v) is 3.93. The number of nitro groups is 1. The van der Waals surface area contributed by atoms with Crippen molar-refractivity contribution in [3.8, 4) is 5.88 Å². The minimum absolute atomic E-state index is 0.0726. The molecule has 0 aliphatic heterocycles. The number of nitrogens with one attached hydrogen (secondary N) is 1. The van der Waals surface area contributed by atoms with Crippen molar-refractivity contribution in [1.82, 2.24) is 14.8 Å². The van der Waals surface area contributed by atoms with E-state index in [2.05, 4.69) is 15.4 Å². The second kappa shape index (κ2) is 6.52. The van der Waals surface area contributed by atoms with Crippen LogP contribution in [0.3, 0.4) is 0 Å². The van der Waals surface area contributed by atoms with Gasteiger partial charge in [0.15, 0.2) is 5.13 Å². The number of amides is 1. The highest BCUT2D eigenvalue weighted by atomic mass is 32.1. The van der Waals surface area contributed by atoms with Gasteiger partial charge in [-0.1, -0.05) is 0 Å². The van der Waals surface area contributed by atoms with Crippen LogP contribution in [-0.2, 0) is 11.3 Å². The summed E-state index contributed by atoms with van der Waals surface area (Å²) in [7, 11) is 1.31. The molecule has 0 aliphatic rings. The van der Waals surface area contributed by atoms with Gasteiger partial charge in [-0.3, -0.25) is 19.6 Å². The lowest BCUT2D eigenvalue weighted by Gasteiger charge is -2.01. The van der Waals surface area contributed by atoms with Gasteiger partial charge in [0, 0.05) is 11.3 Å². The number of thiazole rings is 1. The lowest BCUT2D eigenvalue weighted by Crippen LogP contribution is -2.14. The quantitative estimate of drug-likeness (QED) is 0.641. The molecular weight excluding hydrogens is 310 g/mol. The summed E-state index contributed by atoms with van der Waals surface area (Å²) in [6.45, 7) is 4.01. The van der Waals surface area contributed by atoms with Crippen molar-refractivity contribution in [2.75, 3.05) is 12.4 Å². The van der Waals surface area contributed by atoms with Crippen molar-refractivity contribution in [3.63, 3.8) is 0 Å². The van der Waals surface area contributed by atoms with E-state index in [1.54, 1.807) is 0 Å². The number of methoxy groups -OCH3 is 1. The third-order valence-electron chi connectivity index (χ3n) is 2.94. The minimum Gasteiger partial charge on any atom is -0.475 e. The molecule has 1 N–H and O–H groups in total. The van der Waals surface area contributed by atoms with Gasteiger partial charge >= 0.3 is 11.6 Å². The largest absolute Gasteiger partial charge is 0.475 e. The number of aromatic nitrogens is 3. The molecule has 10 heteroatoms. The number of nitrogens with zero attached hydrogens (tertiary/aromatic N) is 4. The Balaban J connectivity index is 1.95. The molecule has 0 radical (unpaired) electrons. The third kappa shape index (κ3) is 3.58. The zero-order valence-electron chi connectivity index (χ0n) is 12.3. The average Bonchev–Trinajstić information content (AvgIpc) is 3.00. The Morgan fingerprint density at radius 2 is 2.27 bits per heavy atom. The number of carbonyl (C=O) groups excluding carboxylic acids is 1. The molecule has 0 spiro atoms. The molecule has 22 heavy (non-hydrogen) atoms. The molecule has 0 bridgehead atoms. The molecule has 9 nitrogen and oxygen atoms in total. The number of ether oxygens (including phenoxy) is 1. The summed E-state index contributed by atoms with van der Waals surface area (Å²) in [6.07, 6.45) is 1.36. The predicted molar refractivity (Wildman–Crippen MR) is 80.3 cm³/mol. The van der Waals surface area contributed by atoms with E-state index in [1.807, 2.05) is 13.8 Å². The van der Waals surface area contributed by atoms with Crippen molar-refractivity contribution in [2.24, 2.45) is 0 Å². The summed E-state index contributed by atoms with van der Waals surface area (Å²) in [4.78, 5) is 27.3. The molecule has 0 unspecified atom stereocenters. The number of hydrogen-bond acceptors (Lipinski definition) is 7. The highest BCUT2D eigenvalue weighted by molar-refractivity contribution is 7.15. The van der Waals surface area contributed by atoms with Crippen molar-refractivity contribution < 1.29 is 14.5 Å². The molecule has 1 amide bonds. The Morgan fingerprint density at radius 3 is 2.77 bits per heavy atom. The van der Waals surface area contributed by atoms with Crippen LogP contribution in [0.25, 0.3) is 0 Å². The van der Waals surface area contributed by atoms with Crippen LogP contribution < -0.4 is 10.1 Å². The Hall–Kier alpha value is -2.49. The summed E-state index contributed by atoms with van der Waals surface area (Å²) >= 11 is 1.40. The monoisotopic (exact) mass is 325 g/mol. The van der Waals surface area contributed by atoms with Crippen molar-refractivity contribution in [2.45, 2.75) is 26.8 Å². The maximum absolute atomic E-state index is 11.9. The van der Waals surface area contributed by atoms with Gasteiger partial charge in [0.05, 0.1) is 24.3 Å². The number of anilines is 1. The fourth-order valence-corrected chi connectivity index (χ4v) is 2.53. The Labute approximate surface area is 130 Å². The molecule has 0 atom stereocenters. The van der Waals surface area contributed by atoms with Crippen LogP contribution in [-0.4, -0.2) is 32.7 Å². The lowest BCUT2D eigenvalue weighted by molar-refractivity contribution is -0.385. The summed E-state index contributed by atoms with van der Waals surface area (Å²) < 4.78 is 6.14. The number of hydrogen-bond donors (Lipinski definition) is 1. The second-order valence-electron chi connectivity index (χ2n) is 4.50. The number of carbonyl (C=O) groups is 1. The van der Waals surface area contributed by atoms with Crippen LogP contribution >= 0.6 is 11.3 Å². The van der Waals surface area contributed by atoms with Crippen LogP contribution in [0, 0.1) is 24.0 Å². The molecular formula is C12H15N5O4S. The maximum atomic E-state index is 11.9. The molecule has 0 saturated carbocycles. The van der Waals surface area contributed by atoms with Gasteiger partial charge in [0.25, 0.3) is 0 Å². The highest BCUT2D eigenvalue weighted by Gasteiger charge is 2.20. The molecule has 0 aliphatic carbocycles. The molecule has 2 rings (SSSR count). The number of aryl methyl sites for hydroxylation is 3. The first-order valence-electron chi connectivity index (χ1n) is 6.40. The Bertz CT molecular complexity index is 689. The van der Waals surface area contributed by atoms with Crippen LogP contribution in [0.5, 0.6) is 5.88 Å². The first kappa shape index (κ1) is 15.9. The van der Waals surface area contributed by atoms with E-state index in [1.165, 1.54) is 29.3 Å². The first-order valence-corrected chi connectivity index (χ1v) is 7.22. The van der Waals surface area contributed by atoms with Crippen molar-refractivity contribution >= 4 is 28.1 Å². The van der Waals surface area contributed by atoms with E-state index in [0.717, 1.165) is 10.6 Å². The van der Waals surface area contributed by atoms with Crippen molar-refractivity contribution in [3.05, 3.63) is 26.9 Å². The minimum atomic E-state index is -0.580. The van der Waals surface area contributed by atoms with Gasteiger partial charge < -0.3 is 10.1 Å². The van der Waals surface area contributed by atoms with E-state index in [4.69, 9.17) is 4.74 Å². The molecule has 118 valence electrons. The summed E-state index contributed by atoms with van der Waals surface area (Å²) in [5.41, 5.74) is 0.654. The normalized spacial score (nSPS) is 10.5. The Morgan fingerprint density at radius 1 is 1.55 bits per heavy atom. The molecule has 2 aromatic rings. The average molecular weight is 325 g/mol. The van der Waals surface area contributed by atoms with Gasteiger partial charge in [-0.05, 0) is 13.8 Å². The fraction of sp³-hybridized carbons (Fsp3) is 0.417. The molecule has 0 fully saturated rings. The summed E-state index contributed by atoms with van der Waals surface area (Å²) in [5, 5.41) is 17.9. The first-order chi connectivity index (χ1) is 10.4. The predicted octanol–water partition coefficient (Wildman–Crippen LogP) is 1.90. The number of rotatable bonds is 6. The maximum Gasteiger partial charge on any atom is 0.350 e. The molecule has 2 heterocycles. The van der Waals surface area contributed by atoms with E-state index < -0.39 is 4.92 Å². The summed E-state index contributed by atoms with van der Waals surface area (Å²) in [5.74, 6) is -0.303. The standard InChI is InChI=1S/C12H15N5O4S/c1-7-8(2)22-12(13-7)14-10(18)4-5-16-6-9(17(19)20)11(15-16)21-3/h6H,4-5H2,1-3H3,(H,13,14,18). The second-order valence-corrected chi connectivity index (χ2v) is 5.71. The lowest BCUT2D eigenvalue weighted by atomic mass is 10.4. The zero-order chi connectivity index (χ0) is 16.3. The SMILES string of the molecule is COc1nn(CCC(=O)Nc2nc(C)c(C)s2)cc1[N+](=O)[O-]. The van der Waals surface area contributed by atoms with E-state index in [-0.39, 0.29) is 30.4 Å². The van der Waals surface area contributed by atoms with Crippen LogP contribution in [0.15, 0.2) is 6.20 Å². The smallest absolute Gasteiger partial charge is 0.350 e. The Kier molecular flexibility index (Phi) is 4.71. The zero-order valence-corrected chi connectivity index (χ0v) is 13.1. The van der Waals surface area contributed by atoms with E-state index in [9.17, 15) is 14.9 Å². The molecule has 0 aromatic carbocycles. The molecule has 0 saturated heterocycles. The summed E-state index contributed by atoms with van der Waals surface area (Å²) in [6, 6.07) is 0. The van der Waals surface area contributed by atoms with Gasteiger partial charge in [-0.25, -0.2) is 4.98 Å². The van der Waals surface area contributed by atoms with Crippen molar-refractivity contribution in [1.29, 1.82) is 0 Å². The van der Waals surface area contributed by atoms with Crippen LogP contribution in [0.1, 0.15) is 17.0 Å². The van der Waals surface area contributed by atoms with Gasteiger partial charge in [-0.2, -0.15) is 0 Å². The topological polar surface area (TPSA) is 112 Å². The van der Waals surface area contributed by atoms with Gasteiger partial charge in [0.2, 0.25) is 5.91 Å². The van der Waals surface area contributed by atoms with Crippen LogP contribution in [0.2, 0.25) is 0 Å². The molecule has 2 aromatic heterocycles.